The van der Waals surface area contributed by atoms with Gasteiger partial charge in [-0.05, 0) is 105 Å². The molecule has 0 atom stereocenters. The number of aliphatic imine (C=N–C) groups is 1. The van der Waals surface area contributed by atoms with E-state index in [4.69, 9.17) is 27.9 Å². The summed E-state index contributed by atoms with van der Waals surface area (Å²) in [5.74, 6) is -1.02. The number of carbonyl (C=O) groups is 3. The number of ether oxygens (including phenoxy) is 1. The molecule has 0 fully saturated rings. The molecule has 5 rings (SSSR count). The molecule has 264 valence electrons. The van der Waals surface area contributed by atoms with Gasteiger partial charge in [0, 0.05) is 21.3 Å². The van der Waals surface area contributed by atoms with E-state index in [-0.39, 0.29) is 29.0 Å². The van der Waals surface area contributed by atoms with Crippen LogP contribution in [0.1, 0.15) is 35.2 Å². The Balaban J connectivity index is 1.39. The Morgan fingerprint density at radius 3 is 2.19 bits per heavy atom. The third-order valence-corrected chi connectivity index (χ3v) is 10.8. The van der Waals surface area contributed by atoms with Gasteiger partial charge in [-0.2, -0.15) is 4.99 Å². The van der Waals surface area contributed by atoms with Gasteiger partial charge < -0.3 is 10.1 Å². The molecule has 3 amide bonds. The maximum atomic E-state index is 14.1. The summed E-state index contributed by atoms with van der Waals surface area (Å²) in [6, 6.07) is 27.8. The fourth-order valence-electron chi connectivity index (χ4n) is 5.15. The normalized spacial score (nSPS) is 14.3. The number of nitrogens with zero attached hydrogens (tertiary/aromatic N) is 2. The van der Waals surface area contributed by atoms with Gasteiger partial charge in [0.05, 0.1) is 18.9 Å². The highest BCUT2D eigenvalue weighted by Crippen LogP contribution is 2.33. The van der Waals surface area contributed by atoms with Crippen LogP contribution in [-0.4, -0.2) is 33.5 Å². The van der Waals surface area contributed by atoms with E-state index >= 15 is 0 Å². The van der Waals surface area contributed by atoms with E-state index in [1.807, 2.05) is 78.9 Å². The van der Waals surface area contributed by atoms with Crippen LogP contribution in [0.2, 0.25) is 10.0 Å². The maximum Gasteiger partial charge on any atom is 0.285 e. The first-order valence-electron chi connectivity index (χ1n) is 15.8. The predicted octanol–water partition coefficient (Wildman–Crippen LogP) is 10.2. The van der Waals surface area contributed by atoms with Crippen LogP contribution in [0.4, 0.5) is 0 Å². The minimum atomic E-state index is -0.707. The molecule has 7 nitrogen and oxygen atoms in total. The zero-order valence-electron chi connectivity index (χ0n) is 27.7. The van der Waals surface area contributed by atoms with Gasteiger partial charge in [0.25, 0.3) is 11.8 Å². The van der Waals surface area contributed by atoms with Crippen molar-refractivity contribution in [1.82, 2.24) is 10.2 Å². The van der Waals surface area contributed by atoms with Gasteiger partial charge in [-0.1, -0.05) is 127 Å². The number of hydrogen-bond donors (Lipinski definition) is 1. The highest BCUT2D eigenvalue weighted by Gasteiger charge is 2.35. The van der Waals surface area contributed by atoms with Crippen LogP contribution in [0.15, 0.2) is 138 Å². The van der Waals surface area contributed by atoms with E-state index in [2.05, 4.69) is 62.1 Å². The van der Waals surface area contributed by atoms with Crippen molar-refractivity contribution in [2.24, 2.45) is 4.99 Å². The lowest BCUT2D eigenvalue weighted by atomic mass is 9.99. The fraction of sp³-hybridized carbons (Fsp3) is 0.100. The minimum Gasteiger partial charge on any atom is -0.487 e. The van der Waals surface area contributed by atoms with Crippen LogP contribution < -0.4 is 10.1 Å². The molecule has 4 aromatic carbocycles. The number of benzene rings is 4. The Bertz CT molecular complexity index is 2060. The Morgan fingerprint density at radius 2 is 1.62 bits per heavy atom. The van der Waals surface area contributed by atoms with Crippen LogP contribution in [0.5, 0.6) is 5.75 Å². The van der Waals surface area contributed by atoms with E-state index in [1.165, 1.54) is 11.0 Å². The van der Waals surface area contributed by atoms with Crippen molar-refractivity contribution in [2.45, 2.75) is 19.6 Å². The van der Waals surface area contributed by atoms with Crippen LogP contribution >= 0.6 is 80.1 Å². The lowest BCUT2D eigenvalue weighted by Gasteiger charge is -2.28. The molecule has 4 aromatic rings. The van der Waals surface area contributed by atoms with Gasteiger partial charge in [-0.3, -0.25) is 19.3 Å². The second-order valence-electron chi connectivity index (χ2n) is 11.2. The third-order valence-electron chi connectivity index (χ3n) is 7.63. The Kier molecular flexibility index (Phi) is 14.3. The van der Waals surface area contributed by atoms with Crippen molar-refractivity contribution in [3.05, 3.63) is 173 Å². The summed E-state index contributed by atoms with van der Waals surface area (Å²) in [5, 5.41) is 4.24. The zero-order chi connectivity index (χ0) is 37.2. The van der Waals surface area contributed by atoms with E-state index < -0.39 is 17.9 Å². The van der Waals surface area contributed by atoms with E-state index in [0.29, 0.717) is 27.1 Å². The maximum absolute atomic E-state index is 14.1. The number of nitrogens with one attached hydrogen (secondary N) is 1. The molecule has 0 aliphatic carbocycles. The van der Waals surface area contributed by atoms with Crippen LogP contribution in [0, 0.1) is 7.14 Å². The molecule has 0 spiro atoms. The van der Waals surface area contributed by atoms with Gasteiger partial charge in [-0.15, -0.1) is 0 Å². The van der Waals surface area contributed by atoms with Gasteiger partial charge in [0.1, 0.15) is 17.9 Å². The SMILES string of the molecule is C=C/C=C\C(=C/C)N1C(=O)/C(=C/c2cc(I)c(OCc3ccc(Cl)cc3Cl)c(I)c2)C(=O)N=C1SCC(=O)NC(c1ccccc1)c1ccccc1. The number of amidine groups is 1. The lowest BCUT2D eigenvalue weighted by molar-refractivity contribution is -0.126. The molecule has 1 aliphatic heterocycles. The van der Waals surface area contributed by atoms with Gasteiger partial charge in [0.15, 0.2) is 5.17 Å². The van der Waals surface area contributed by atoms with Crippen molar-refractivity contribution < 1.29 is 19.1 Å². The molecule has 52 heavy (non-hydrogen) atoms. The average molecular weight is 974 g/mol. The fourth-order valence-corrected chi connectivity index (χ4v) is 8.55. The first-order chi connectivity index (χ1) is 25.1. The van der Waals surface area contributed by atoms with Crippen LogP contribution in [0.25, 0.3) is 6.08 Å². The lowest BCUT2D eigenvalue weighted by Crippen LogP contribution is -2.42. The molecule has 1 heterocycles. The monoisotopic (exact) mass is 973 g/mol. The standard InChI is InChI=1S/C40H31Cl2I2N3O4S/c1-3-5-16-30(4-2)47-39(50)31(19-25-20-33(43)37(34(44)21-25)51-23-28-17-18-29(41)22-32(28)42)38(49)46-40(47)52-24-35(48)45-36(26-12-8-6-9-13-26)27-14-10-7-11-15-27/h3-22,36H,1,23-24H2,2H3,(H,45,48)/b16-5-,30-4+,31-19+. The van der Waals surface area contributed by atoms with E-state index in [1.54, 1.807) is 43.4 Å². The summed E-state index contributed by atoms with van der Waals surface area (Å²) in [7, 11) is 0. The third kappa shape index (κ3) is 10.0. The Labute approximate surface area is 344 Å². The second-order valence-corrected chi connectivity index (χ2v) is 15.3. The molecule has 1 aliphatic rings. The topological polar surface area (TPSA) is 88.1 Å². The molecule has 12 heteroatoms. The van der Waals surface area contributed by atoms with E-state index in [9.17, 15) is 14.4 Å². The summed E-state index contributed by atoms with van der Waals surface area (Å²) in [6.45, 7) is 5.74. The second kappa shape index (κ2) is 18.9. The van der Waals surface area contributed by atoms with Crippen molar-refractivity contribution in [2.75, 3.05) is 5.75 Å². The summed E-state index contributed by atoms with van der Waals surface area (Å²) in [5.41, 5.74) is 3.58. The Hall–Kier alpha value is -3.69. The van der Waals surface area contributed by atoms with Crippen molar-refractivity contribution >= 4 is 109 Å². The number of thioether (sulfide) groups is 1. The molecule has 0 saturated heterocycles. The van der Waals surface area contributed by atoms with Gasteiger partial charge >= 0.3 is 0 Å². The molecular formula is C40H31Cl2I2N3O4S. The van der Waals surface area contributed by atoms with E-state index in [0.717, 1.165) is 35.6 Å². The van der Waals surface area contributed by atoms with Gasteiger partial charge in [0.2, 0.25) is 5.91 Å². The summed E-state index contributed by atoms with van der Waals surface area (Å²) >= 11 is 17.7. The van der Waals surface area contributed by atoms with Crippen LogP contribution in [-0.2, 0) is 21.0 Å². The summed E-state index contributed by atoms with van der Waals surface area (Å²) in [4.78, 5) is 46.8. The summed E-state index contributed by atoms with van der Waals surface area (Å²) in [6.07, 6.45) is 8.21. The zero-order valence-corrected chi connectivity index (χ0v) is 34.3. The summed E-state index contributed by atoms with van der Waals surface area (Å²) < 4.78 is 7.65. The average Bonchev–Trinajstić information content (AvgIpc) is 3.13. The van der Waals surface area contributed by atoms with Crippen LogP contribution in [0.3, 0.4) is 0 Å². The number of carbonyl (C=O) groups excluding carboxylic acids is 3. The molecular weight excluding hydrogens is 943 g/mol. The highest BCUT2D eigenvalue weighted by molar-refractivity contribution is 14.1. The molecule has 0 bridgehead atoms. The quantitative estimate of drug-likeness (QED) is 0.0662. The highest BCUT2D eigenvalue weighted by atomic mass is 127. The molecule has 1 N–H and O–H groups in total. The van der Waals surface area contributed by atoms with Gasteiger partial charge in [-0.25, -0.2) is 0 Å². The minimum absolute atomic E-state index is 0.0909. The van der Waals surface area contributed by atoms with Crippen molar-refractivity contribution in [1.29, 1.82) is 0 Å². The molecule has 0 unspecified atom stereocenters. The Morgan fingerprint density at radius 1 is 0.981 bits per heavy atom. The molecule has 0 radical (unpaired) electrons. The number of rotatable bonds is 12. The predicted molar refractivity (Wildman–Crippen MR) is 228 cm³/mol. The number of halogens is 4. The number of allylic oxidation sites excluding steroid dienone is 4. The number of hydrogen-bond acceptors (Lipinski definition) is 5. The van der Waals surface area contributed by atoms with Crippen molar-refractivity contribution in [3.63, 3.8) is 0 Å². The number of amides is 3. The largest absolute Gasteiger partial charge is 0.487 e. The smallest absolute Gasteiger partial charge is 0.285 e. The first-order valence-corrected chi connectivity index (χ1v) is 19.7. The molecule has 0 saturated carbocycles. The van der Waals surface area contributed by atoms with Crippen molar-refractivity contribution in [3.8, 4) is 5.75 Å². The molecule has 0 aromatic heterocycles. The first kappa shape index (κ1) is 39.5.